The Morgan fingerprint density at radius 3 is 2.14 bits per heavy atom. The first-order valence-corrected chi connectivity index (χ1v) is 4.19. The summed E-state index contributed by atoms with van der Waals surface area (Å²) < 4.78 is 0. The summed E-state index contributed by atoms with van der Waals surface area (Å²) >= 11 is 0. The Labute approximate surface area is 95.0 Å². The van der Waals surface area contributed by atoms with E-state index in [1.54, 1.807) is 0 Å². The molecular formula is C12H12FeO. The Morgan fingerprint density at radius 1 is 1.29 bits per heavy atom. The van der Waals surface area contributed by atoms with Crippen LogP contribution < -0.4 is 0 Å². The molecule has 0 N–H and O–H groups in total. The second kappa shape index (κ2) is 7.31. The Kier molecular flexibility index (Phi) is 6.73. The second-order valence-corrected chi connectivity index (χ2v) is 2.74. The minimum atomic E-state index is 0. The van der Waals surface area contributed by atoms with Crippen LogP contribution in [0.5, 0.6) is 0 Å². The van der Waals surface area contributed by atoms with Gasteiger partial charge in [0, 0.05) is 0 Å². The third kappa shape index (κ3) is 4.22. The van der Waals surface area contributed by atoms with E-state index < -0.39 is 0 Å². The van der Waals surface area contributed by atoms with E-state index >= 15 is 0 Å². The fourth-order valence-electron chi connectivity index (χ4n) is 0.977. The zero-order valence-electron chi connectivity index (χ0n) is 7.96. The minimum absolute atomic E-state index is 0. The molecule has 0 aliphatic rings. The van der Waals surface area contributed by atoms with Gasteiger partial charge in [0.2, 0.25) is 0 Å². The van der Waals surface area contributed by atoms with Crippen molar-refractivity contribution in [3.05, 3.63) is 59.7 Å². The van der Waals surface area contributed by atoms with Gasteiger partial charge in [0.05, 0.1) is 6.29 Å². The summed E-state index contributed by atoms with van der Waals surface area (Å²) in [6.07, 6.45) is 0.870. The second-order valence-electron chi connectivity index (χ2n) is 2.74. The molecule has 0 saturated heterocycles. The number of hydrogen-bond donors (Lipinski definition) is 0. The first kappa shape index (κ1) is 12.9. The third-order valence-electron chi connectivity index (χ3n) is 1.76. The van der Waals surface area contributed by atoms with E-state index in [1.165, 1.54) is 0 Å². The van der Waals surface area contributed by atoms with Crippen molar-refractivity contribution in [3.8, 4) is 0 Å². The molecule has 0 atom stereocenters. The van der Waals surface area contributed by atoms with Gasteiger partial charge in [-0.3, -0.25) is 0 Å². The molecule has 0 aliphatic heterocycles. The molecule has 0 heterocycles. The van der Waals surface area contributed by atoms with Gasteiger partial charge in [0.25, 0.3) is 0 Å². The topological polar surface area (TPSA) is 17.1 Å². The minimum Gasteiger partial charge on any atom is -0.312 e. The summed E-state index contributed by atoms with van der Waals surface area (Å²) in [5, 5.41) is 0. The van der Waals surface area contributed by atoms with Crippen LogP contribution >= 0.6 is 0 Å². The SMILES string of the molecule is Cc1ccc[c-]1C=O.[Fe+2].c1cc[cH-]c1. The maximum atomic E-state index is 10.1. The van der Waals surface area contributed by atoms with Crippen LogP contribution in [0.2, 0.25) is 0 Å². The van der Waals surface area contributed by atoms with E-state index in [0.29, 0.717) is 0 Å². The normalized spacial score (nSPS) is 8.07. The van der Waals surface area contributed by atoms with Crippen molar-refractivity contribution in [2.24, 2.45) is 0 Å². The van der Waals surface area contributed by atoms with E-state index in [-0.39, 0.29) is 17.1 Å². The van der Waals surface area contributed by atoms with Crippen molar-refractivity contribution >= 4 is 6.29 Å². The molecule has 2 rings (SSSR count). The van der Waals surface area contributed by atoms with Gasteiger partial charge in [-0.25, -0.2) is 24.3 Å². The molecule has 0 radical (unpaired) electrons. The van der Waals surface area contributed by atoms with Crippen LogP contribution in [0.25, 0.3) is 0 Å². The van der Waals surface area contributed by atoms with Crippen LogP contribution in [0.1, 0.15) is 15.9 Å². The molecule has 0 unspecified atom stereocenters. The fraction of sp³-hybridized carbons (Fsp3) is 0.0833. The number of carbonyl (C=O) groups excluding carboxylic acids is 1. The van der Waals surface area contributed by atoms with Crippen LogP contribution in [0.4, 0.5) is 0 Å². The molecule has 0 fully saturated rings. The smallest absolute Gasteiger partial charge is 0.312 e. The van der Waals surface area contributed by atoms with Crippen molar-refractivity contribution in [3.63, 3.8) is 0 Å². The van der Waals surface area contributed by atoms with Gasteiger partial charge in [0.1, 0.15) is 0 Å². The van der Waals surface area contributed by atoms with E-state index in [0.717, 1.165) is 17.4 Å². The van der Waals surface area contributed by atoms with Gasteiger partial charge >= 0.3 is 17.1 Å². The summed E-state index contributed by atoms with van der Waals surface area (Å²) in [6, 6.07) is 15.6. The standard InChI is InChI=1S/C7H7O.C5H5.Fe/c1-6-3-2-4-7(6)5-8;1-2-4-5-3-1;/h2-5H,1H3;1-5H;/q2*-1;+2. The number of hydrogen-bond acceptors (Lipinski definition) is 1. The van der Waals surface area contributed by atoms with Gasteiger partial charge in [-0.15, -0.1) is 0 Å². The van der Waals surface area contributed by atoms with Crippen molar-refractivity contribution in [1.29, 1.82) is 0 Å². The third-order valence-corrected chi connectivity index (χ3v) is 1.76. The molecule has 0 spiro atoms. The molecular weight excluding hydrogens is 216 g/mol. The Hall–Kier alpha value is -1.11. The van der Waals surface area contributed by atoms with Gasteiger partial charge in [-0.2, -0.15) is 29.8 Å². The van der Waals surface area contributed by atoms with Crippen LogP contribution in [0, 0.1) is 6.92 Å². The Balaban J connectivity index is 0.000000246. The Bertz CT molecular complexity index is 316. The fourth-order valence-corrected chi connectivity index (χ4v) is 0.977. The predicted molar refractivity (Wildman–Crippen MR) is 54.2 cm³/mol. The summed E-state index contributed by atoms with van der Waals surface area (Å²) in [4.78, 5) is 10.1. The average molecular weight is 228 g/mol. The largest absolute Gasteiger partial charge is 2.00 e. The number of aryl methyl sites for hydroxylation is 1. The summed E-state index contributed by atoms with van der Waals surface area (Å²) in [5.74, 6) is 0. The molecule has 0 aliphatic carbocycles. The van der Waals surface area contributed by atoms with Crippen LogP contribution in [-0.4, -0.2) is 6.29 Å². The predicted octanol–water partition coefficient (Wildman–Crippen LogP) is 2.93. The number of aldehydes is 1. The van der Waals surface area contributed by atoms with Gasteiger partial charge in [0.15, 0.2) is 0 Å². The number of rotatable bonds is 1. The first-order chi connectivity index (χ1) is 6.34. The molecule has 1 nitrogen and oxygen atoms in total. The van der Waals surface area contributed by atoms with Gasteiger partial charge in [-0.1, -0.05) is 12.5 Å². The maximum Gasteiger partial charge on any atom is 2.00 e. The molecule has 74 valence electrons. The van der Waals surface area contributed by atoms with Crippen LogP contribution in [0.15, 0.2) is 48.5 Å². The van der Waals surface area contributed by atoms with Crippen molar-refractivity contribution in [2.45, 2.75) is 6.92 Å². The van der Waals surface area contributed by atoms with E-state index in [9.17, 15) is 4.79 Å². The van der Waals surface area contributed by atoms with Gasteiger partial charge < -0.3 is 4.79 Å². The maximum absolute atomic E-state index is 10.1. The van der Waals surface area contributed by atoms with Crippen molar-refractivity contribution in [2.75, 3.05) is 0 Å². The number of carbonyl (C=O) groups is 1. The first-order valence-electron chi connectivity index (χ1n) is 4.19. The molecule has 14 heavy (non-hydrogen) atoms. The van der Waals surface area contributed by atoms with E-state index in [4.69, 9.17) is 0 Å². The van der Waals surface area contributed by atoms with Crippen molar-refractivity contribution < 1.29 is 21.9 Å². The van der Waals surface area contributed by atoms with E-state index in [1.807, 2.05) is 55.5 Å². The summed E-state index contributed by atoms with van der Waals surface area (Å²) in [6.45, 7) is 1.92. The quantitative estimate of drug-likeness (QED) is 0.416. The molecule has 0 aromatic heterocycles. The molecule has 2 heteroatoms. The molecule has 0 saturated carbocycles. The molecule has 2 aromatic carbocycles. The van der Waals surface area contributed by atoms with Gasteiger partial charge in [-0.05, 0) is 0 Å². The van der Waals surface area contributed by atoms with Crippen LogP contribution in [-0.2, 0) is 17.1 Å². The monoisotopic (exact) mass is 228 g/mol. The zero-order valence-corrected chi connectivity index (χ0v) is 9.06. The molecule has 0 amide bonds. The zero-order chi connectivity index (χ0) is 9.52. The van der Waals surface area contributed by atoms with Crippen molar-refractivity contribution in [1.82, 2.24) is 0 Å². The van der Waals surface area contributed by atoms with E-state index in [2.05, 4.69) is 0 Å². The van der Waals surface area contributed by atoms with Crippen LogP contribution in [0.3, 0.4) is 0 Å². The summed E-state index contributed by atoms with van der Waals surface area (Å²) in [5.41, 5.74) is 1.85. The summed E-state index contributed by atoms with van der Waals surface area (Å²) in [7, 11) is 0. The Morgan fingerprint density at radius 2 is 1.93 bits per heavy atom. The molecule has 0 bridgehead atoms. The molecule has 2 aromatic rings. The average Bonchev–Trinajstić information content (AvgIpc) is 2.76.